The normalized spacial score (nSPS) is 18.1. The van der Waals surface area contributed by atoms with Crippen LogP contribution in [0.25, 0.3) is 0 Å². The van der Waals surface area contributed by atoms with Crippen molar-refractivity contribution < 1.29 is 24.4 Å². The first-order chi connectivity index (χ1) is 15.6. The maximum atomic E-state index is 13.4. The number of pyridine rings is 1. The molecule has 33 heavy (non-hydrogen) atoms. The number of aromatic nitrogens is 1. The summed E-state index contributed by atoms with van der Waals surface area (Å²) in [6, 6.07) is 5.61. The van der Waals surface area contributed by atoms with E-state index in [4.69, 9.17) is 4.74 Å². The van der Waals surface area contributed by atoms with Gasteiger partial charge in [-0.15, -0.1) is 0 Å². The molecule has 3 rings (SSSR count). The Bertz CT molecular complexity index is 1060. The number of nitro groups is 1. The molecule has 9 nitrogen and oxygen atoms in total. The van der Waals surface area contributed by atoms with Crippen molar-refractivity contribution in [3.05, 3.63) is 51.7 Å². The molecule has 1 aliphatic carbocycles. The second-order valence-corrected chi connectivity index (χ2v) is 8.92. The van der Waals surface area contributed by atoms with E-state index in [1.807, 2.05) is 13.8 Å². The average Bonchev–Trinajstić information content (AvgIpc) is 2.76. The molecule has 1 aromatic heterocycles. The van der Waals surface area contributed by atoms with Crippen LogP contribution in [-0.2, 0) is 4.79 Å². The van der Waals surface area contributed by atoms with Gasteiger partial charge in [0.25, 0.3) is 5.69 Å². The molecule has 0 saturated heterocycles. The van der Waals surface area contributed by atoms with Gasteiger partial charge in [0.05, 0.1) is 16.2 Å². The molecule has 1 aliphatic rings. The second-order valence-electron chi connectivity index (χ2n) is 8.92. The molecule has 1 aromatic carbocycles. The number of ether oxygens (including phenoxy) is 1. The number of hydrogen-bond acceptors (Lipinski definition) is 6. The number of anilines is 1. The van der Waals surface area contributed by atoms with Crippen molar-refractivity contribution >= 4 is 23.3 Å². The molecule has 0 atom stereocenters. The second kappa shape index (κ2) is 9.97. The zero-order chi connectivity index (χ0) is 24.3. The van der Waals surface area contributed by atoms with Gasteiger partial charge in [0.15, 0.2) is 0 Å². The van der Waals surface area contributed by atoms with Crippen molar-refractivity contribution in [3.8, 4) is 11.6 Å². The zero-order valence-corrected chi connectivity index (χ0v) is 19.3. The van der Waals surface area contributed by atoms with Crippen molar-refractivity contribution in [2.45, 2.75) is 59.4 Å². The Hall–Kier alpha value is -3.49. The minimum Gasteiger partial charge on any atom is -0.478 e. The average molecular weight is 456 g/mol. The summed E-state index contributed by atoms with van der Waals surface area (Å²) in [6.07, 6.45) is 4.67. The van der Waals surface area contributed by atoms with Crippen LogP contribution in [-0.4, -0.2) is 32.9 Å². The molecular weight excluding hydrogens is 426 g/mol. The summed E-state index contributed by atoms with van der Waals surface area (Å²) in [7, 11) is 0. The lowest BCUT2D eigenvalue weighted by atomic mass is 9.82. The van der Waals surface area contributed by atoms with Crippen molar-refractivity contribution in [2.75, 3.05) is 4.90 Å². The summed E-state index contributed by atoms with van der Waals surface area (Å²) in [5, 5.41) is 20.8. The maximum Gasteiger partial charge on any atom is 0.337 e. The van der Waals surface area contributed by atoms with Crippen LogP contribution >= 0.6 is 0 Å². The molecule has 0 bridgehead atoms. The fourth-order valence-corrected chi connectivity index (χ4v) is 4.18. The summed E-state index contributed by atoms with van der Waals surface area (Å²) >= 11 is 0. The molecule has 176 valence electrons. The number of carboxylic acids is 1. The highest BCUT2D eigenvalue weighted by Crippen LogP contribution is 2.35. The first-order valence-electron chi connectivity index (χ1n) is 11.1. The van der Waals surface area contributed by atoms with E-state index in [1.54, 1.807) is 24.0 Å². The molecule has 9 heteroatoms. The maximum absolute atomic E-state index is 13.4. The third kappa shape index (κ3) is 5.47. The number of aromatic carboxylic acids is 1. The number of carbonyl (C=O) groups is 2. The third-order valence-corrected chi connectivity index (χ3v) is 6.02. The Morgan fingerprint density at radius 2 is 1.88 bits per heavy atom. The van der Waals surface area contributed by atoms with E-state index in [0.717, 1.165) is 31.9 Å². The van der Waals surface area contributed by atoms with Crippen LogP contribution in [0.3, 0.4) is 0 Å². The van der Waals surface area contributed by atoms with E-state index in [-0.39, 0.29) is 40.7 Å². The third-order valence-electron chi connectivity index (χ3n) is 6.02. The SMILES string of the molecule is Cc1cc([N+](=O)[O-])cnc1Oc1ccc(N(C(=O)C2CCC(C)CC2)C(C)C)c(C(=O)O)c1. The number of nitrogens with zero attached hydrogens (tertiary/aromatic N) is 3. The zero-order valence-electron chi connectivity index (χ0n) is 19.3. The highest BCUT2D eigenvalue weighted by atomic mass is 16.6. The van der Waals surface area contributed by atoms with Gasteiger partial charge in [-0.1, -0.05) is 6.92 Å². The summed E-state index contributed by atoms with van der Waals surface area (Å²) in [6.45, 7) is 7.53. The highest BCUT2D eigenvalue weighted by molar-refractivity contribution is 6.03. The Labute approximate surface area is 192 Å². The van der Waals surface area contributed by atoms with Crippen molar-refractivity contribution in [1.29, 1.82) is 0 Å². The van der Waals surface area contributed by atoms with Gasteiger partial charge in [-0.3, -0.25) is 14.9 Å². The van der Waals surface area contributed by atoms with E-state index < -0.39 is 10.9 Å². The minimum atomic E-state index is -1.18. The van der Waals surface area contributed by atoms with Crippen LogP contribution < -0.4 is 9.64 Å². The molecule has 1 saturated carbocycles. The minimum absolute atomic E-state index is 0.0547. The topological polar surface area (TPSA) is 123 Å². The standard InChI is InChI=1S/C24H29N3O6/c1-14(2)26(23(28)17-7-5-15(3)6-8-17)21-10-9-19(12-20(21)24(29)30)33-22-16(4)11-18(13-25-22)27(31)32/h9-15,17H,5-8H2,1-4H3,(H,29,30). The monoisotopic (exact) mass is 455 g/mol. The number of benzene rings is 1. The van der Waals surface area contributed by atoms with Crippen molar-refractivity contribution in [2.24, 2.45) is 11.8 Å². The number of carbonyl (C=O) groups excluding carboxylic acids is 1. The molecular formula is C24H29N3O6. The van der Waals surface area contributed by atoms with E-state index in [9.17, 15) is 24.8 Å². The van der Waals surface area contributed by atoms with Gasteiger partial charge in [0.2, 0.25) is 11.8 Å². The first kappa shape index (κ1) is 24.2. The van der Waals surface area contributed by atoms with Crippen molar-refractivity contribution in [3.63, 3.8) is 0 Å². The molecule has 0 radical (unpaired) electrons. The smallest absolute Gasteiger partial charge is 0.337 e. The van der Waals surface area contributed by atoms with Crippen molar-refractivity contribution in [1.82, 2.24) is 4.98 Å². The summed E-state index contributed by atoms with van der Waals surface area (Å²) in [4.78, 5) is 41.4. The molecule has 1 N–H and O–H groups in total. The van der Waals surface area contributed by atoms with Crippen LogP contribution in [0.2, 0.25) is 0 Å². The van der Waals surface area contributed by atoms with Crippen LogP contribution in [0.4, 0.5) is 11.4 Å². The van der Waals surface area contributed by atoms with E-state index in [0.29, 0.717) is 17.2 Å². The first-order valence-corrected chi connectivity index (χ1v) is 11.1. The fraction of sp³-hybridized carbons (Fsp3) is 0.458. The lowest BCUT2D eigenvalue weighted by Crippen LogP contribution is -2.42. The number of aryl methyl sites for hydroxylation is 1. The van der Waals surface area contributed by atoms with Gasteiger partial charge >= 0.3 is 5.97 Å². The molecule has 0 aliphatic heterocycles. The van der Waals surface area contributed by atoms with E-state index >= 15 is 0 Å². The summed E-state index contributed by atoms with van der Waals surface area (Å²) in [5.41, 5.74) is 0.542. The Morgan fingerprint density at radius 3 is 2.42 bits per heavy atom. The van der Waals surface area contributed by atoms with Gasteiger partial charge in [0, 0.05) is 23.6 Å². The Balaban J connectivity index is 1.92. The van der Waals surface area contributed by atoms with Crippen LogP contribution in [0.1, 0.15) is 62.4 Å². The van der Waals surface area contributed by atoms with Gasteiger partial charge in [0.1, 0.15) is 11.9 Å². The van der Waals surface area contributed by atoms with Crippen LogP contribution in [0.15, 0.2) is 30.5 Å². The van der Waals surface area contributed by atoms with E-state index in [2.05, 4.69) is 11.9 Å². The number of carboxylic acid groups (broad SMARTS) is 1. The Kier molecular flexibility index (Phi) is 7.30. The molecule has 2 aromatic rings. The largest absolute Gasteiger partial charge is 0.478 e. The fourth-order valence-electron chi connectivity index (χ4n) is 4.18. The van der Waals surface area contributed by atoms with Gasteiger partial charge in [-0.2, -0.15) is 0 Å². The Morgan fingerprint density at radius 1 is 1.21 bits per heavy atom. The number of rotatable bonds is 7. The molecule has 0 unspecified atom stereocenters. The number of hydrogen-bond donors (Lipinski definition) is 1. The van der Waals surface area contributed by atoms with Gasteiger partial charge in [-0.05, 0) is 70.6 Å². The molecule has 1 amide bonds. The highest BCUT2D eigenvalue weighted by Gasteiger charge is 2.32. The number of amides is 1. The van der Waals surface area contributed by atoms with Crippen LogP contribution in [0, 0.1) is 28.9 Å². The van der Waals surface area contributed by atoms with E-state index in [1.165, 1.54) is 12.1 Å². The van der Waals surface area contributed by atoms with Gasteiger partial charge in [-0.25, -0.2) is 9.78 Å². The predicted octanol–water partition coefficient (Wildman–Crippen LogP) is 5.36. The molecule has 1 fully saturated rings. The molecule has 0 spiro atoms. The summed E-state index contributed by atoms with van der Waals surface area (Å²) < 4.78 is 5.72. The lowest BCUT2D eigenvalue weighted by Gasteiger charge is -2.34. The molecule has 1 heterocycles. The lowest BCUT2D eigenvalue weighted by molar-refractivity contribution is -0.385. The van der Waals surface area contributed by atoms with Gasteiger partial charge < -0.3 is 14.7 Å². The predicted molar refractivity (Wildman–Crippen MR) is 123 cm³/mol. The summed E-state index contributed by atoms with van der Waals surface area (Å²) in [5.74, 6) is -0.404. The quantitative estimate of drug-likeness (QED) is 0.440. The van der Waals surface area contributed by atoms with Crippen LogP contribution in [0.5, 0.6) is 11.6 Å².